The van der Waals surface area contributed by atoms with Gasteiger partial charge >= 0.3 is 0 Å². The molecule has 0 aliphatic heterocycles. The van der Waals surface area contributed by atoms with Crippen molar-refractivity contribution in [2.75, 3.05) is 18.0 Å². The molecule has 0 saturated heterocycles. The van der Waals surface area contributed by atoms with Crippen molar-refractivity contribution in [3.05, 3.63) is 17.7 Å². The number of nitrogens with zero attached hydrogens (tertiary/aromatic N) is 6. The molecule has 0 unspecified atom stereocenters. The van der Waals surface area contributed by atoms with Crippen LogP contribution in [0.1, 0.15) is 24.4 Å². The molecule has 0 bridgehead atoms. The average Bonchev–Trinajstić information content (AvgIpc) is 2.76. The number of nitrogen functional groups attached to an aromatic ring is 2. The Hall–Kier alpha value is -2.29. The van der Waals surface area contributed by atoms with Crippen molar-refractivity contribution in [2.24, 2.45) is 5.73 Å². The van der Waals surface area contributed by atoms with E-state index in [1.807, 2.05) is 6.20 Å². The third kappa shape index (κ3) is 3.85. The van der Waals surface area contributed by atoms with E-state index in [2.05, 4.69) is 25.3 Å². The topological polar surface area (TPSA) is 147 Å². The van der Waals surface area contributed by atoms with Crippen LogP contribution in [0.4, 0.5) is 11.9 Å². The van der Waals surface area contributed by atoms with Gasteiger partial charge in [0.1, 0.15) is 6.54 Å². The molecule has 0 atom stereocenters. The maximum absolute atomic E-state index is 5.50. The number of rotatable bonds is 6. The Morgan fingerprint density at radius 1 is 1.05 bits per heavy atom. The number of aryl methyl sites for hydroxylation is 1. The van der Waals surface area contributed by atoms with Gasteiger partial charge in [0.15, 0.2) is 5.82 Å². The zero-order valence-electron chi connectivity index (χ0n) is 10.5. The van der Waals surface area contributed by atoms with E-state index in [4.69, 9.17) is 17.2 Å². The molecule has 6 N–H and O–H groups in total. The second-order valence-corrected chi connectivity index (χ2v) is 4.12. The van der Waals surface area contributed by atoms with E-state index in [0.29, 0.717) is 18.9 Å². The Bertz CT molecular complexity index is 515. The van der Waals surface area contributed by atoms with Gasteiger partial charge in [-0.25, -0.2) is 4.68 Å². The van der Waals surface area contributed by atoms with Gasteiger partial charge in [0.05, 0.1) is 5.69 Å². The van der Waals surface area contributed by atoms with Crippen LogP contribution >= 0.6 is 0 Å². The molecule has 0 spiro atoms. The summed E-state index contributed by atoms with van der Waals surface area (Å²) < 4.78 is 1.64. The Kier molecular flexibility index (Phi) is 4.18. The van der Waals surface area contributed by atoms with Gasteiger partial charge in [-0.2, -0.15) is 15.0 Å². The van der Waals surface area contributed by atoms with E-state index in [0.717, 1.165) is 25.0 Å². The second-order valence-electron chi connectivity index (χ2n) is 4.12. The van der Waals surface area contributed by atoms with E-state index in [1.54, 1.807) is 4.68 Å². The number of hydrogen-bond acceptors (Lipinski definition) is 8. The minimum atomic E-state index is 0.103. The first kappa shape index (κ1) is 13.1. The van der Waals surface area contributed by atoms with Crippen LogP contribution in [0.5, 0.6) is 0 Å². The summed E-state index contributed by atoms with van der Waals surface area (Å²) in [5, 5.41) is 8.07. The molecule has 2 heterocycles. The van der Waals surface area contributed by atoms with Gasteiger partial charge in [0.2, 0.25) is 11.9 Å². The van der Waals surface area contributed by atoms with Crippen molar-refractivity contribution in [2.45, 2.75) is 25.8 Å². The van der Waals surface area contributed by atoms with Gasteiger partial charge < -0.3 is 17.2 Å². The molecule has 19 heavy (non-hydrogen) atoms. The van der Waals surface area contributed by atoms with Crippen molar-refractivity contribution >= 4 is 11.9 Å². The molecule has 2 aromatic rings. The summed E-state index contributed by atoms with van der Waals surface area (Å²) in [5.41, 5.74) is 17.4. The average molecular weight is 263 g/mol. The number of anilines is 2. The van der Waals surface area contributed by atoms with Crippen molar-refractivity contribution in [3.63, 3.8) is 0 Å². The molecule has 0 aliphatic rings. The molecule has 0 aliphatic carbocycles. The Morgan fingerprint density at radius 2 is 1.79 bits per heavy atom. The highest BCUT2D eigenvalue weighted by atomic mass is 15.4. The SMILES string of the molecule is NCCCCc1cn(Cc2nc(N)nc(N)n2)nn1. The monoisotopic (exact) mass is 263 g/mol. The number of nitrogens with two attached hydrogens (primary N) is 3. The van der Waals surface area contributed by atoms with Gasteiger partial charge in [-0.15, -0.1) is 5.10 Å². The van der Waals surface area contributed by atoms with Gasteiger partial charge in [-0.3, -0.25) is 0 Å². The highest BCUT2D eigenvalue weighted by molar-refractivity contribution is 5.25. The van der Waals surface area contributed by atoms with E-state index in [9.17, 15) is 0 Å². The van der Waals surface area contributed by atoms with Crippen molar-refractivity contribution < 1.29 is 0 Å². The van der Waals surface area contributed by atoms with Crippen LogP contribution in [0.15, 0.2) is 6.20 Å². The van der Waals surface area contributed by atoms with Crippen LogP contribution in [-0.4, -0.2) is 36.5 Å². The van der Waals surface area contributed by atoms with Crippen LogP contribution in [0.2, 0.25) is 0 Å². The first-order chi connectivity index (χ1) is 9.17. The van der Waals surface area contributed by atoms with E-state index in [-0.39, 0.29) is 11.9 Å². The lowest BCUT2D eigenvalue weighted by Crippen LogP contribution is -2.10. The molecular weight excluding hydrogens is 246 g/mol. The number of aromatic nitrogens is 6. The normalized spacial score (nSPS) is 10.8. The molecule has 0 amide bonds. The number of unbranched alkanes of at least 4 members (excludes halogenated alkanes) is 1. The van der Waals surface area contributed by atoms with Crippen LogP contribution in [-0.2, 0) is 13.0 Å². The lowest BCUT2D eigenvalue weighted by atomic mass is 10.2. The highest BCUT2D eigenvalue weighted by Gasteiger charge is 2.05. The lowest BCUT2D eigenvalue weighted by molar-refractivity contribution is 0.623. The largest absolute Gasteiger partial charge is 0.368 e. The van der Waals surface area contributed by atoms with Crippen LogP contribution in [0, 0.1) is 0 Å². The molecule has 0 radical (unpaired) electrons. The Labute approximate surface area is 110 Å². The smallest absolute Gasteiger partial charge is 0.225 e. The first-order valence-electron chi connectivity index (χ1n) is 6.02. The molecule has 0 fully saturated rings. The molecule has 9 heteroatoms. The fourth-order valence-corrected chi connectivity index (χ4v) is 1.65. The first-order valence-corrected chi connectivity index (χ1v) is 6.02. The predicted octanol–water partition coefficient (Wildman–Crippen LogP) is -1.04. The van der Waals surface area contributed by atoms with Gasteiger partial charge in [0, 0.05) is 6.20 Å². The Balaban J connectivity index is 1.99. The van der Waals surface area contributed by atoms with Gasteiger partial charge in [-0.1, -0.05) is 5.21 Å². The summed E-state index contributed by atoms with van der Waals surface area (Å²) >= 11 is 0. The standard InChI is InChI=1S/C10H17N9/c11-4-2-1-3-7-5-19(18-17-7)6-8-14-9(12)16-10(13)15-8/h5H,1-4,6,11H2,(H4,12,13,14,15,16). The van der Waals surface area contributed by atoms with Crippen molar-refractivity contribution in [3.8, 4) is 0 Å². The van der Waals surface area contributed by atoms with Crippen LogP contribution in [0.25, 0.3) is 0 Å². The van der Waals surface area contributed by atoms with Crippen LogP contribution < -0.4 is 17.2 Å². The summed E-state index contributed by atoms with van der Waals surface area (Å²) in [6.07, 6.45) is 4.69. The minimum absolute atomic E-state index is 0.103. The number of hydrogen-bond donors (Lipinski definition) is 3. The maximum atomic E-state index is 5.50. The molecule has 102 valence electrons. The zero-order valence-corrected chi connectivity index (χ0v) is 10.5. The zero-order chi connectivity index (χ0) is 13.7. The summed E-state index contributed by atoms with van der Waals surface area (Å²) in [6.45, 7) is 1.05. The summed E-state index contributed by atoms with van der Waals surface area (Å²) in [7, 11) is 0. The predicted molar refractivity (Wildman–Crippen MR) is 69.8 cm³/mol. The van der Waals surface area contributed by atoms with E-state index >= 15 is 0 Å². The van der Waals surface area contributed by atoms with Crippen molar-refractivity contribution in [1.29, 1.82) is 0 Å². The van der Waals surface area contributed by atoms with E-state index < -0.39 is 0 Å². The molecular formula is C10H17N9. The molecule has 2 aromatic heterocycles. The molecule has 0 aromatic carbocycles. The minimum Gasteiger partial charge on any atom is -0.368 e. The summed E-state index contributed by atoms with van der Waals surface area (Å²) in [4.78, 5) is 11.7. The van der Waals surface area contributed by atoms with Crippen molar-refractivity contribution in [1.82, 2.24) is 29.9 Å². The third-order valence-electron chi connectivity index (χ3n) is 2.49. The summed E-state index contributed by atoms with van der Waals surface area (Å²) in [6, 6.07) is 0. The third-order valence-corrected chi connectivity index (χ3v) is 2.49. The lowest BCUT2D eigenvalue weighted by Gasteiger charge is -2.01. The van der Waals surface area contributed by atoms with E-state index in [1.165, 1.54) is 0 Å². The second kappa shape index (κ2) is 6.05. The quantitative estimate of drug-likeness (QED) is 0.559. The fraction of sp³-hybridized carbons (Fsp3) is 0.500. The molecule has 0 saturated carbocycles. The van der Waals surface area contributed by atoms with Gasteiger partial charge in [0.25, 0.3) is 0 Å². The van der Waals surface area contributed by atoms with Gasteiger partial charge in [-0.05, 0) is 25.8 Å². The summed E-state index contributed by atoms with van der Waals surface area (Å²) in [5.74, 6) is 0.667. The highest BCUT2D eigenvalue weighted by Crippen LogP contribution is 2.03. The van der Waals surface area contributed by atoms with Crippen LogP contribution in [0.3, 0.4) is 0 Å². The fourth-order valence-electron chi connectivity index (χ4n) is 1.65. The molecule has 9 nitrogen and oxygen atoms in total. The maximum Gasteiger partial charge on any atom is 0.225 e. The molecule has 2 rings (SSSR count). The Morgan fingerprint density at radius 3 is 2.47 bits per heavy atom.